The Bertz CT molecular complexity index is 950. The zero-order valence-corrected chi connectivity index (χ0v) is 14.7. The Balaban J connectivity index is 2.12. The molecule has 0 aromatic carbocycles. The summed E-state index contributed by atoms with van der Waals surface area (Å²) < 4.78 is 1.61. The summed E-state index contributed by atoms with van der Waals surface area (Å²) in [6.45, 7) is 4.15. The zero-order chi connectivity index (χ0) is 18.5. The quantitative estimate of drug-likeness (QED) is 0.541. The number of aromatic nitrogens is 4. The monoisotopic (exact) mass is 353 g/mol. The Hall–Kier alpha value is -3.49. The first-order valence-electron chi connectivity index (χ1n) is 8.06. The van der Waals surface area contributed by atoms with Crippen LogP contribution in [0.4, 0.5) is 10.7 Å². The summed E-state index contributed by atoms with van der Waals surface area (Å²) in [5.41, 5.74) is 3.72. The molecule has 0 spiro atoms. The predicted octanol–water partition coefficient (Wildman–Crippen LogP) is 2.30. The van der Waals surface area contributed by atoms with Gasteiger partial charge in [0.2, 0.25) is 0 Å². The first-order valence-corrected chi connectivity index (χ1v) is 8.06. The van der Waals surface area contributed by atoms with Crippen LogP contribution in [0.2, 0.25) is 0 Å². The average Bonchev–Trinajstić information content (AvgIpc) is 3.04. The maximum absolute atomic E-state index is 11.7. The third kappa shape index (κ3) is 3.61. The van der Waals surface area contributed by atoms with Crippen LogP contribution in [0, 0.1) is 0 Å². The van der Waals surface area contributed by atoms with Crippen LogP contribution in [0.15, 0.2) is 41.8 Å². The number of carbonyl (C=O) groups is 1. The molecule has 0 aliphatic carbocycles. The Morgan fingerprint density at radius 3 is 2.88 bits per heavy atom. The topological polar surface area (TPSA) is 106 Å². The lowest BCUT2D eigenvalue weighted by Crippen LogP contribution is -2.28. The molecule has 3 aromatic rings. The van der Waals surface area contributed by atoms with Gasteiger partial charge in [-0.2, -0.15) is 4.98 Å². The summed E-state index contributed by atoms with van der Waals surface area (Å²) in [7, 11) is 1.48. The molecular formula is C17H19N7O2. The van der Waals surface area contributed by atoms with Crippen LogP contribution >= 0.6 is 0 Å². The molecule has 2 amide bonds. The molecule has 0 atom stereocenters. The number of fused-ring (bicyclic) bond motifs is 1. The van der Waals surface area contributed by atoms with E-state index >= 15 is 0 Å². The second-order valence-corrected chi connectivity index (χ2v) is 5.42. The molecule has 0 saturated heterocycles. The molecule has 9 nitrogen and oxygen atoms in total. The minimum Gasteiger partial charge on any atom is -0.399 e. The Morgan fingerprint density at radius 1 is 1.35 bits per heavy atom. The molecule has 3 heterocycles. The van der Waals surface area contributed by atoms with Crippen molar-refractivity contribution in [2.75, 3.05) is 19.0 Å². The van der Waals surface area contributed by atoms with Gasteiger partial charge in [0.1, 0.15) is 12.8 Å². The van der Waals surface area contributed by atoms with Gasteiger partial charge in [0.15, 0.2) is 5.65 Å². The highest BCUT2D eigenvalue weighted by molar-refractivity contribution is 5.98. The molecule has 0 radical (unpaired) electrons. The van der Waals surface area contributed by atoms with Crippen molar-refractivity contribution >= 4 is 23.3 Å². The molecule has 0 unspecified atom stereocenters. The lowest BCUT2D eigenvalue weighted by molar-refractivity contribution is 0.213. The smallest absolute Gasteiger partial charge is 0.321 e. The van der Waals surface area contributed by atoms with Crippen molar-refractivity contribution < 1.29 is 9.63 Å². The Kier molecular flexibility index (Phi) is 5.07. The summed E-state index contributed by atoms with van der Waals surface area (Å²) in [5, 5.41) is 13.6. The van der Waals surface area contributed by atoms with Gasteiger partial charge in [-0.15, -0.1) is 5.10 Å². The minimum atomic E-state index is -0.361. The number of rotatable bonds is 5. The van der Waals surface area contributed by atoms with Crippen LogP contribution in [0.25, 0.3) is 16.8 Å². The van der Waals surface area contributed by atoms with Crippen molar-refractivity contribution in [3.63, 3.8) is 0 Å². The van der Waals surface area contributed by atoms with Gasteiger partial charge >= 0.3 is 6.03 Å². The van der Waals surface area contributed by atoms with Gasteiger partial charge < -0.3 is 10.2 Å². The first kappa shape index (κ1) is 17.3. The van der Waals surface area contributed by atoms with Crippen LogP contribution < -0.4 is 10.6 Å². The third-order valence-corrected chi connectivity index (χ3v) is 3.59. The third-order valence-electron chi connectivity index (χ3n) is 3.59. The second kappa shape index (κ2) is 7.60. The highest BCUT2D eigenvalue weighted by Gasteiger charge is 2.14. The van der Waals surface area contributed by atoms with Gasteiger partial charge in [0.05, 0.1) is 5.69 Å². The normalized spacial score (nSPS) is 11.4. The van der Waals surface area contributed by atoms with E-state index in [1.54, 1.807) is 16.9 Å². The maximum atomic E-state index is 11.7. The van der Waals surface area contributed by atoms with Crippen LogP contribution in [0.5, 0.6) is 0 Å². The number of carbonyl (C=O) groups excluding carboxylic acids is 1. The van der Waals surface area contributed by atoms with Gasteiger partial charge in [-0.05, 0) is 37.6 Å². The van der Waals surface area contributed by atoms with Gasteiger partial charge in [-0.3, -0.25) is 10.3 Å². The largest absolute Gasteiger partial charge is 0.399 e. The number of pyridine rings is 2. The lowest BCUT2D eigenvalue weighted by Gasteiger charge is -2.07. The van der Waals surface area contributed by atoms with E-state index in [2.05, 4.69) is 30.9 Å². The van der Waals surface area contributed by atoms with Gasteiger partial charge in [0.25, 0.3) is 5.95 Å². The van der Waals surface area contributed by atoms with Crippen molar-refractivity contribution in [3.05, 3.63) is 42.4 Å². The molecule has 2 N–H and O–H groups in total. The number of urea groups is 1. The lowest BCUT2D eigenvalue weighted by atomic mass is 10.1. The fourth-order valence-electron chi connectivity index (χ4n) is 2.48. The molecule has 0 bridgehead atoms. The van der Waals surface area contributed by atoms with Crippen molar-refractivity contribution in [1.29, 1.82) is 0 Å². The summed E-state index contributed by atoms with van der Waals surface area (Å²) in [6, 6.07) is 7.25. The molecule has 3 aromatic heterocycles. The van der Waals surface area contributed by atoms with Gasteiger partial charge in [-0.25, -0.2) is 9.31 Å². The molecule has 134 valence electrons. The van der Waals surface area contributed by atoms with Crippen LogP contribution in [-0.4, -0.2) is 45.0 Å². The van der Waals surface area contributed by atoms with Crippen molar-refractivity contribution in [1.82, 2.24) is 24.9 Å². The molecule has 9 heteroatoms. The molecule has 26 heavy (non-hydrogen) atoms. The molecule has 3 rings (SSSR count). The predicted molar refractivity (Wildman–Crippen MR) is 98.1 cm³/mol. The highest BCUT2D eigenvalue weighted by atomic mass is 16.6. The van der Waals surface area contributed by atoms with Crippen molar-refractivity contribution in [2.24, 2.45) is 5.16 Å². The number of hydrogen-bond donors (Lipinski definition) is 2. The summed E-state index contributed by atoms with van der Waals surface area (Å²) >= 11 is 0. The minimum absolute atomic E-state index is 0.200. The standard InChI is InChI=1S/C17H19N7O2/c1-4-19-17(25)21-16-20-15-9-13(12-6-5-7-18-10-12)8-14(24(15)22-16)11(2)23-26-3/h5-10H,4H2,1-3H3,(H2,19,21,22,25). The number of oxime groups is 1. The first-order chi connectivity index (χ1) is 12.6. The molecule has 0 saturated carbocycles. The van der Waals surface area contributed by atoms with E-state index in [4.69, 9.17) is 4.84 Å². The molecule has 0 fully saturated rings. The van der Waals surface area contributed by atoms with E-state index in [0.717, 1.165) is 11.1 Å². The molecule has 0 aliphatic rings. The van der Waals surface area contributed by atoms with Crippen LogP contribution in [0.1, 0.15) is 19.5 Å². The number of hydrogen-bond acceptors (Lipinski definition) is 6. The number of anilines is 1. The SMILES string of the molecule is CCNC(=O)Nc1nc2cc(-c3cccnc3)cc(C(C)=NOC)n2n1. The van der Waals surface area contributed by atoms with E-state index in [1.165, 1.54) is 7.11 Å². The number of nitrogens with zero attached hydrogens (tertiary/aromatic N) is 5. The Labute approximate surface area is 150 Å². The number of amides is 2. The fraction of sp³-hybridized carbons (Fsp3) is 0.235. The van der Waals surface area contributed by atoms with E-state index in [9.17, 15) is 4.79 Å². The van der Waals surface area contributed by atoms with Gasteiger partial charge in [0, 0.05) is 24.5 Å². The van der Waals surface area contributed by atoms with Crippen LogP contribution in [0.3, 0.4) is 0 Å². The molecule has 0 aliphatic heterocycles. The summed E-state index contributed by atoms with van der Waals surface area (Å²) in [5.74, 6) is 0.200. The maximum Gasteiger partial charge on any atom is 0.321 e. The molecular weight excluding hydrogens is 334 g/mol. The fourth-order valence-corrected chi connectivity index (χ4v) is 2.48. The Morgan fingerprint density at radius 2 is 2.19 bits per heavy atom. The second-order valence-electron chi connectivity index (χ2n) is 5.42. The summed E-state index contributed by atoms with van der Waals surface area (Å²) in [6.07, 6.45) is 3.48. The van der Waals surface area contributed by atoms with E-state index in [1.807, 2.05) is 38.1 Å². The van der Waals surface area contributed by atoms with Crippen molar-refractivity contribution in [3.8, 4) is 11.1 Å². The van der Waals surface area contributed by atoms with E-state index in [-0.39, 0.29) is 12.0 Å². The summed E-state index contributed by atoms with van der Waals surface area (Å²) in [4.78, 5) is 25.2. The highest BCUT2D eigenvalue weighted by Crippen LogP contribution is 2.23. The van der Waals surface area contributed by atoms with Gasteiger partial charge in [-0.1, -0.05) is 11.2 Å². The van der Waals surface area contributed by atoms with E-state index < -0.39 is 0 Å². The number of nitrogens with one attached hydrogen (secondary N) is 2. The van der Waals surface area contributed by atoms with Crippen molar-refractivity contribution in [2.45, 2.75) is 13.8 Å². The van der Waals surface area contributed by atoms with E-state index in [0.29, 0.717) is 23.6 Å². The average molecular weight is 353 g/mol. The zero-order valence-electron chi connectivity index (χ0n) is 14.7. The van der Waals surface area contributed by atoms with Crippen LogP contribution in [-0.2, 0) is 4.84 Å².